The molecule has 3 rings (SSSR count). The van der Waals surface area contributed by atoms with Gasteiger partial charge in [-0.3, -0.25) is 9.78 Å². The summed E-state index contributed by atoms with van der Waals surface area (Å²) >= 11 is 0. The molecule has 0 radical (unpaired) electrons. The van der Waals surface area contributed by atoms with E-state index in [2.05, 4.69) is 20.6 Å². The quantitative estimate of drug-likeness (QED) is 0.870. The van der Waals surface area contributed by atoms with Crippen molar-refractivity contribution in [3.63, 3.8) is 0 Å². The SMILES string of the molecule is O=C(NCc1ccncc1)c1cccc(NC2CC2)n1. The molecule has 1 saturated carbocycles. The van der Waals surface area contributed by atoms with Gasteiger partial charge in [-0.25, -0.2) is 4.98 Å². The average molecular weight is 268 g/mol. The Morgan fingerprint density at radius 2 is 2.00 bits per heavy atom. The van der Waals surface area contributed by atoms with Crippen LogP contribution in [-0.2, 0) is 6.54 Å². The second-order valence-corrected chi connectivity index (χ2v) is 4.86. The molecule has 1 fully saturated rings. The third-order valence-electron chi connectivity index (χ3n) is 3.11. The summed E-state index contributed by atoms with van der Waals surface area (Å²) in [6.07, 6.45) is 5.78. The highest BCUT2D eigenvalue weighted by Gasteiger charge is 2.21. The third-order valence-corrected chi connectivity index (χ3v) is 3.11. The van der Waals surface area contributed by atoms with Crippen molar-refractivity contribution in [1.82, 2.24) is 15.3 Å². The third kappa shape index (κ3) is 3.32. The molecule has 2 aromatic heterocycles. The van der Waals surface area contributed by atoms with Crippen molar-refractivity contribution < 1.29 is 4.79 Å². The first-order valence-electron chi connectivity index (χ1n) is 6.72. The van der Waals surface area contributed by atoms with Gasteiger partial charge in [-0.15, -0.1) is 0 Å². The van der Waals surface area contributed by atoms with Gasteiger partial charge in [0.2, 0.25) is 0 Å². The molecule has 2 aromatic rings. The monoisotopic (exact) mass is 268 g/mol. The molecule has 1 aliphatic rings. The second kappa shape index (κ2) is 5.69. The number of carbonyl (C=O) groups is 1. The molecule has 0 spiro atoms. The van der Waals surface area contributed by atoms with Gasteiger partial charge in [-0.1, -0.05) is 6.07 Å². The lowest BCUT2D eigenvalue weighted by Crippen LogP contribution is -2.24. The standard InChI is InChI=1S/C15H16N4O/c20-15(17-10-11-6-8-16-9-7-11)13-2-1-3-14(19-13)18-12-4-5-12/h1-3,6-9,12H,4-5,10H2,(H,17,20)(H,18,19). The number of nitrogens with one attached hydrogen (secondary N) is 2. The number of pyridine rings is 2. The Balaban J connectivity index is 1.61. The number of nitrogens with zero attached hydrogens (tertiary/aromatic N) is 2. The van der Waals surface area contributed by atoms with E-state index < -0.39 is 0 Å². The van der Waals surface area contributed by atoms with Crippen molar-refractivity contribution in [2.45, 2.75) is 25.4 Å². The molecule has 0 atom stereocenters. The van der Waals surface area contributed by atoms with Gasteiger partial charge in [0, 0.05) is 25.0 Å². The molecular weight excluding hydrogens is 252 g/mol. The minimum Gasteiger partial charge on any atom is -0.367 e. The zero-order valence-corrected chi connectivity index (χ0v) is 11.0. The van der Waals surface area contributed by atoms with Crippen LogP contribution in [0.25, 0.3) is 0 Å². The number of aromatic nitrogens is 2. The number of carbonyl (C=O) groups excluding carboxylic acids is 1. The lowest BCUT2D eigenvalue weighted by atomic mass is 10.2. The molecule has 1 aliphatic carbocycles. The van der Waals surface area contributed by atoms with E-state index >= 15 is 0 Å². The summed E-state index contributed by atoms with van der Waals surface area (Å²) < 4.78 is 0. The molecular formula is C15H16N4O. The molecule has 2 heterocycles. The summed E-state index contributed by atoms with van der Waals surface area (Å²) in [6.45, 7) is 0.476. The van der Waals surface area contributed by atoms with E-state index in [1.807, 2.05) is 24.3 Å². The number of amides is 1. The Morgan fingerprint density at radius 3 is 2.75 bits per heavy atom. The van der Waals surface area contributed by atoms with Crippen LogP contribution < -0.4 is 10.6 Å². The zero-order chi connectivity index (χ0) is 13.8. The molecule has 0 bridgehead atoms. The highest BCUT2D eigenvalue weighted by Crippen LogP contribution is 2.23. The van der Waals surface area contributed by atoms with Crippen molar-refractivity contribution in [1.29, 1.82) is 0 Å². The lowest BCUT2D eigenvalue weighted by Gasteiger charge is -2.07. The Morgan fingerprint density at radius 1 is 1.20 bits per heavy atom. The Kier molecular flexibility index (Phi) is 3.58. The zero-order valence-electron chi connectivity index (χ0n) is 11.0. The van der Waals surface area contributed by atoms with Gasteiger partial charge in [-0.05, 0) is 42.7 Å². The summed E-state index contributed by atoms with van der Waals surface area (Å²) in [7, 11) is 0. The Labute approximate surface area is 117 Å². The summed E-state index contributed by atoms with van der Waals surface area (Å²) in [5, 5.41) is 6.14. The van der Waals surface area contributed by atoms with E-state index in [1.54, 1.807) is 18.5 Å². The molecule has 1 amide bonds. The first-order chi connectivity index (χ1) is 9.81. The molecule has 0 unspecified atom stereocenters. The molecule has 102 valence electrons. The first-order valence-corrected chi connectivity index (χ1v) is 6.72. The summed E-state index contributed by atoms with van der Waals surface area (Å²) in [6, 6.07) is 9.73. The van der Waals surface area contributed by atoms with Gasteiger partial charge in [0.25, 0.3) is 5.91 Å². The van der Waals surface area contributed by atoms with Crippen LogP contribution in [0.2, 0.25) is 0 Å². The predicted octanol–water partition coefficient (Wildman–Crippen LogP) is 1.98. The molecule has 0 aliphatic heterocycles. The largest absolute Gasteiger partial charge is 0.367 e. The molecule has 5 nitrogen and oxygen atoms in total. The van der Waals surface area contributed by atoms with Crippen molar-refractivity contribution in [2.24, 2.45) is 0 Å². The maximum atomic E-state index is 12.1. The van der Waals surface area contributed by atoms with E-state index in [1.165, 1.54) is 12.8 Å². The molecule has 2 N–H and O–H groups in total. The highest BCUT2D eigenvalue weighted by atomic mass is 16.1. The summed E-state index contributed by atoms with van der Waals surface area (Å²) in [5.41, 5.74) is 1.45. The maximum absolute atomic E-state index is 12.1. The van der Waals surface area contributed by atoms with E-state index in [-0.39, 0.29) is 5.91 Å². The molecule has 0 aromatic carbocycles. The smallest absolute Gasteiger partial charge is 0.270 e. The fraction of sp³-hybridized carbons (Fsp3) is 0.267. The van der Waals surface area contributed by atoms with Crippen LogP contribution in [0.15, 0.2) is 42.7 Å². The van der Waals surface area contributed by atoms with Crippen LogP contribution in [0.5, 0.6) is 0 Å². The molecule has 5 heteroatoms. The maximum Gasteiger partial charge on any atom is 0.270 e. The average Bonchev–Trinajstić information content (AvgIpc) is 3.30. The summed E-state index contributed by atoms with van der Waals surface area (Å²) in [4.78, 5) is 20.3. The number of hydrogen-bond acceptors (Lipinski definition) is 4. The fourth-order valence-corrected chi connectivity index (χ4v) is 1.85. The van der Waals surface area contributed by atoms with Crippen LogP contribution in [0.4, 0.5) is 5.82 Å². The normalized spacial score (nSPS) is 13.8. The topological polar surface area (TPSA) is 66.9 Å². The fourth-order valence-electron chi connectivity index (χ4n) is 1.85. The highest BCUT2D eigenvalue weighted by molar-refractivity contribution is 5.92. The lowest BCUT2D eigenvalue weighted by molar-refractivity contribution is 0.0946. The van der Waals surface area contributed by atoms with E-state index in [9.17, 15) is 4.79 Å². The van der Waals surface area contributed by atoms with Crippen molar-refractivity contribution in [3.8, 4) is 0 Å². The first kappa shape index (κ1) is 12.6. The number of anilines is 1. The van der Waals surface area contributed by atoms with Crippen molar-refractivity contribution in [3.05, 3.63) is 54.0 Å². The van der Waals surface area contributed by atoms with Gasteiger partial charge in [0.05, 0.1) is 0 Å². The minimum atomic E-state index is -0.166. The Bertz CT molecular complexity index is 596. The van der Waals surface area contributed by atoms with Gasteiger partial charge >= 0.3 is 0 Å². The van der Waals surface area contributed by atoms with Crippen molar-refractivity contribution >= 4 is 11.7 Å². The van der Waals surface area contributed by atoms with E-state index in [0.29, 0.717) is 18.3 Å². The van der Waals surface area contributed by atoms with Crippen LogP contribution in [-0.4, -0.2) is 21.9 Å². The van der Waals surface area contributed by atoms with Gasteiger partial charge in [0.1, 0.15) is 11.5 Å². The van der Waals surface area contributed by atoms with E-state index in [4.69, 9.17) is 0 Å². The predicted molar refractivity (Wildman–Crippen MR) is 76.3 cm³/mol. The van der Waals surface area contributed by atoms with Crippen molar-refractivity contribution in [2.75, 3.05) is 5.32 Å². The second-order valence-electron chi connectivity index (χ2n) is 4.86. The van der Waals surface area contributed by atoms with Crippen LogP contribution in [0.1, 0.15) is 28.9 Å². The summed E-state index contributed by atoms with van der Waals surface area (Å²) in [5.74, 6) is 0.602. The molecule has 0 saturated heterocycles. The van der Waals surface area contributed by atoms with E-state index in [0.717, 1.165) is 11.4 Å². The molecule has 20 heavy (non-hydrogen) atoms. The minimum absolute atomic E-state index is 0.166. The van der Waals surface area contributed by atoms with Gasteiger partial charge < -0.3 is 10.6 Å². The number of hydrogen-bond donors (Lipinski definition) is 2. The Hall–Kier alpha value is -2.43. The van der Waals surface area contributed by atoms with Gasteiger partial charge in [0.15, 0.2) is 0 Å². The van der Waals surface area contributed by atoms with Gasteiger partial charge in [-0.2, -0.15) is 0 Å². The van der Waals surface area contributed by atoms with Crippen LogP contribution in [0.3, 0.4) is 0 Å². The van der Waals surface area contributed by atoms with Crippen LogP contribution >= 0.6 is 0 Å². The van der Waals surface area contributed by atoms with Crippen LogP contribution in [0, 0.1) is 0 Å². The number of rotatable bonds is 5.